The fourth-order valence-corrected chi connectivity index (χ4v) is 3.41. The van der Waals surface area contributed by atoms with Crippen LogP contribution in [0, 0.1) is 0 Å². The lowest BCUT2D eigenvalue weighted by atomic mass is 10.1. The molecule has 0 bridgehead atoms. The Morgan fingerprint density at radius 3 is 2.29 bits per heavy atom. The quantitative estimate of drug-likeness (QED) is 0.293. The first-order valence-corrected chi connectivity index (χ1v) is 11.0. The van der Waals surface area contributed by atoms with E-state index >= 15 is 0 Å². The van der Waals surface area contributed by atoms with Crippen LogP contribution >= 0.6 is 36.4 Å². The van der Waals surface area contributed by atoms with Crippen molar-refractivity contribution in [2.75, 3.05) is 26.2 Å². The minimum absolute atomic E-state index is 0. The summed E-state index contributed by atoms with van der Waals surface area (Å²) in [6.45, 7) is 9.54. The van der Waals surface area contributed by atoms with E-state index in [0.29, 0.717) is 22.9 Å². The van der Waals surface area contributed by atoms with Crippen molar-refractivity contribution < 1.29 is 14.3 Å². The second-order valence-electron chi connectivity index (χ2n) is 7.34. The number of nitrogens with zero attached hydrogens (tertiary/aromatic N) is 1. The maximum absolute atomic E-state index is 11.2. The largest absolute Gasteiger partial charge is 0.478 e. The minimum atomic E-state index is -0.983. The van der Waals surface area contributed by atoms with Crippen LogP contribution in [-0.2, 0) is 6.54 Å². The monoisotopic (exact) mass is 492 g/mol. The summed E-state index contributed by atoms with van der Waals surface area (Å²) >= 11 is 6.22. The Balaban J connectivity index is 0.00000450. The van der Waals surface area contributed by atoms with Crippen LogP contribution in [0.4, 0.5) is 0 Å². The SMILES string of the molecule is CCCCN(CCCC)CCCNCc1ccc(-c2cc(C(=O)O)ccc2Cl)o1.Cl.Cl. The summed E-state index contributed by atoms with van der Waals surface area (Å²) in [6, 6.07) is 8.36. The van der Waals surface area contributed by atoms with Crippen molar-refractivity contribution in [3.8, 4) is 11.3 Å². The van der Waals surface area contributed by atoms with E-state index < -0.39 is 5.97 Å². The molecule has 0 aliphatic rings. The van der Waals surface area contributed by atoms with Gasteiger partial charge in [-0.25, -0.2) is 4.79 Å². The van der Waals surface area contributed by atoms with Gasteiger partial charge in [0.1, 0.15) is 11.5 Å². The molecular formula is C23H35Cl3N2O3. The molecule has 1 aromatic carbocycles. The molecule has 2 N–H and O–H groups in total. The molecule has 0 atom stereocenters. The molecule has 31 heavy (non-hydrogen) atoms. The van der Waals surface area contributed by atoms with E-state index in [1.54, 1.807) is 12.1 Å². The fourth-order valence-electron chi connectivity index (χ4n) is 3.20. The summed E-state index contributed by atoms with van der Waals surface area (Å²) in [5.74, 6) is 0.411. The van der Waals surface area contributed by atoms with Crippen LogP contribution in [0.3, 0.4) is 0 Å². The van der Waals surface area contributed by atoms with Gasteiger partial charge in [0.05, 0.1) is 17.1 Å². The summed E-state index contributed by atoms with van der Waals surface area (Å²) < 4.78 is 5.87. The van der Waals surface area contributed by atoms with Gasteiger partial charge in [-0.15, -0.1) is 24.8 Å². The van der Waals surface area contributed by atoms with Gasteiger partial charge in [-0.2, -0.15) is 0 Å². The van der Waals surface area contributed by atoms with Gasteiger partial charge >= 0.3 is 5.97 Å². The molecule has 0 saturated carbocycles. The van der Waals surface area contributed by atoms with E-state index in [1.165, 1.54) is 44.8 Å². The van der Waals surface area contributed by atoms with Crippen molar-refractivity contribution in [1.29, 1.82) is 0 Å². The van der Waals surface area contributed by atoms with E-state index in [9.17, 15) is 4.79 Å². The number of hydrogen-bond acceptors (Lipinski definition) is 4. The third-order valence-electron chi connectivity index (χ3n) is 4.92. The van der Waals surface area contributed by atoms with Crippen LogP contribution in [-0.4, -0.2) is 42.2 Å². The lowest BCUT2D eigenvalue weighted by Gasteiger charge is -2.21. The Hall–Kier alpha value is -1.24. The topological polar surface area (TPSA) is 65.7 Å². The van der Waals surface area contributed by atoms with Crippen LogP contribution in [0.1, 0.15) is 62.1 Å². The molecule has 1 heterocycles. The van der Waals surface area contributed by atoms with E-state index in [4.69, 9.17) is 21.1 Å². The third kappa shape index (κ3) is 10.3. The zero-order valence-electron chi connectivity index (χ0n) is 18.4. The molecule has 5 nitrogen and oxygen atoms in total. The van der Waals surface area contributed by atoms with Crippen LogP contribution < -0.4 is 5.32 Å². The Kier molecular flexibility index (Phi) is 15.7. The van der Waals surface area contributed by atoms with Crippen LogP contribution in [0.15, 0.2) is 34.7 Å². The van der Waals surface area contributed by atoms with Crippen molar-refractivity contribution in [2.45, 2.75) is 52.5 Å². The summed E-state index contributed by atoms with van der Waals surface area (Å²) in [4.78, 5) is 13.7. The highest BCUT2D eigenvalue weighted by Crippen LogP contribution is 2.30. The summed E-state index contributed by atoms with van der Waals surface area (Å²) in [7, 11) is 0. The van der Waals surface area contributed by atoms with Gasteiger partial charge in [-0.3, -0.25) is 0 Å². The van der Waals surface area contributed by atoms with Crippen molar-refractivity contribution >= 4 is 42.4 Å². The number of nitrogens with one attached hydrogen (secondary N) is 1. The molecule has 0 amide bonds. The number of carbonyl (C=O) groups is 1. The second-order valence-corrected chi connectivity index (χ2v) is 7.75. The number of hydrogen-bond donors (Lipinski definition) is 2. The number of rotatable bonds is 14. The van der Waals surface area contributed by atoms with Gasteiger partial charge < -0.3 is 19.7 Å². The van der Waals surface area contributed by atoms with E-state index in [1.807, 2.05) is 12.1 Å². The molecule has 0 aliphatic heterocycles. The van der Waals surface area contributed by atoms with Gasteiger partial charge in [-0.1, -0.05) is 38.3 Å². The maximum Gasteiger partial charge on any atom is 0.335 e. The molecule has 0 fully saturated rings. The summed E-state index contributed by atoms with van der Waals surface area (Å²) in [5.41, 5.74) is 0.788. The fraction of sp³-hybridized carbons (Fsp3) is 0.522. The molecule has 8 heteroatoms. The van der Waals surface area contributed by atoms with E-state index in [2.05, 4.69) is 24.1 Å². The van der Waals surface area contributed by atoms with Gasteiger partial charge in [-0.05, 0) is 75.8 Å². The number of benzene rings is 1. The first kappa shape index (κ1) is 29.8. The highest BCUT2D eigenvalue weighted by molar-refractivity contribution is 6.33. The first-order chi connectivity index (χ1) is 14.0. The van der Waals surface area contributed by atoms with Crippen LogP contribution in [0.2, 0.25) is 5.02 Å². The Bertz CT molecular complexity index is 760. The lowest BCUT2D eigenvalue weighted by Crippen LogP contribution is -2.29. The molecule has 0 aliphatic carbocycles. The molecule has 0 spiro atoms. The lowest BCUT2D eigenvalue weighted by molar-refractivity contribution is 0.0697. The van der Waals surface area contributed by atoms with E-state index in [0.717, 1.165) is 25.3 Å². The van der Waals surface area contributed by atoms with Gasteiger partial charge in [0.15, 0.2) is 0 Å². The molecule has 1 aromatic heterocycles. The van der Waals surface area contributed by atoms with Crippen molar-refractivity contribution in [1.82, 2.24) is 10.2 Å². The number of furan rings is 1. The minimum Gasteiger partial charge on any atom is -0.478 e. The number of carboxylic acids is 1. The molecule has 0 unspecified atom stereocenters. The van der Waals surface area contributed by atoms with Gasteiger partial charge in [0, 0.05) is 5.56 Å². The number of halogens is 3. The molecule has 2 rings (SSSR count). The smallest absolute Gasteiger partial charge is 0.335 e. The molecular weight excluding hydrogens is 459 g/mol. The Morgan fingerprint density at radius 1 is 1.03 bits per heavy atom. The number of unbranched alkanes of at least 4 members (excludes halogenated alkanes) is 2. The average molecular weight is 494 g/mol. The molecule has 2 aromatic rings. The van der Waals surface area contributed by atoms with Crippen molar-refractivity contribution in [3.05, 3.63) is 46.7 Å². The van der Waals surface area contributed by atoms with E-state index in [-0.39, 0.29) is 30.4 Å². The molecule has 0 radical (unpaired) electrons. The molecule has 176 valence electrons. The van der Waals surface area contributed by atoms with Crippen molar-refractivity contribution in [2.24, 2.45) is 0 Å². The first-order valence-electron chi connectivity index (χ1n) is 10.6. The normalized spacial score (nSPS) is 10.6. The molecule has 0 saturated heterocycles. The highest BCUT2D eigenvalue weighted by atomic mass is 35.5. The predicted molar refractivity (Wildman–Crippen MR) is 133 cm³/mol. The van der Waals surface area contributed by atoms with Crippen LogP contribution in [0.25, 0.3) is 11.3 Å². The third-order valence-corrected chi connectivity index (χ3v) is 5.25. The zero-order valence-corrected chi connectivity index (χ0v) is 20.8. The van der Waals surface area contributed by atoms with Crippen molar-refractivity contribution in [3.63, 3.8) is 0 Å². The number of carboxylic acid groups (broad SMARTS) is 1. The Morgan fingerprint density at radius 2 is 1.68 bits per heavy atom. The standard InChI is InChI=1S/C23H33ClN2O3.2ClH/c1-3-5-13-26(14-6-4-2)15-7-12-25-17-19-9-11-22(29-19)20-16-18(23(27)28)8-10-21(20)24;;/h8-11,16,25H,3-7,12-15,17H2,1-2H3,(H,27,28);2*1H. The Labute approximate surface area is 203 Å². The second kappa shape index (κ2) is 16.4. The number of aromatic carboxylic acids is 1. The summed E-state index contributed by atoms with van der Waals surface area (Å²) in [5, 5.41) is 13.1. The summed E-state index contributed by atoms with van der Waals surface area (Å²) in [6.07, 6.45) is 6.10. The van der Waals surface area contributed by atoms with Gasteiger partial charge in [0.2, 0.25) is 0 Å². The van der Waals surface area contributed by atoms with Gasteiger partial charge in [0.25, 0.3) is 0 Å². The predicted octanol–water partition coefficient (Wildman–Crippen LogP) is 6.52. The highest BCUT2D eigenvalue weighted by Gasteiger charge is 2.12. The van der Waals surface area contributed by atoms with Crippen LogP contribution in [0.5, 0.6) is 0 Å². The zero-order chi connectivity index (χ0) is 21.1. The average Bonchev–Trinajstić information content (AvgIpc) is 3.18. The maximum atomic E-state index is 11.2.